The Balaban J connectivity index is 2.30. The maximum absolute atomic E-state index is 11.2. The molecule has 4 nitrogen and oxygen atoms in total. The largest absolute Gasteiger partial charge is 0.459 e. The molecule has 0 bridgehead atoms. The van der Waals surface area contributed by atoms with Gasteiger partial charge in [0.15, 0.2) is 0 Å². The van der Waals surface area contributed by atoms with Crippen LogP contribution in [0.25, 0.3) is 0 Å². The van der Waals surface area contributed by atoms with Gasteiger partial charge >= 0.3 is 5.97 Å². The summed E-state index contributed by atoms with van der Waals surface area (Å²) in [6.07, 6.45) is -0.0860. The number of ether oxygens (including phenoxy) is 1. The Morgan fingerprint density at radius 3 is 2.42 bits per heavy atom. The lowest BCUT2D eigenvalue weighted by atomic mass is 10.1. The summed E-state index contributed by atoms with van der Waals surface area (Å²) in [4.78, 5) is 11.2. The van der Waals surface area contributed by atoms with Gasteiger partial charge in [0.2, 0.25) is 0 Å². The van der Waals surface area contributed by atoms with Gasteiger partial charge in [-0.25, -0.2) is 0 Å². The summed E-state index contributed by atoms with van der Waals surface area (Å²) in [5.74, 6) is -0.284. The van der Waals surface area contributed by atoms with Crippen molar-refractivity contribution in [1.29, 1.82) is 0 Å². The van der Waals surface area contributed by atoms with Crippen LogP contribution in [-0.2, 0) is 9.53 Å². The van der Waals surface area contributed by atoms with E-state index in [2.05, 4.69) is 5.32 Å². The van der Waals surface area contributed by atoms with Gasteiger partial charge in [-0.05, 0) is 20.8 Å². The smallest absolute Gasteiger partial charge is 0.323 e. The van der Waals surface area contributed by atoms with E-state index in [1.807, 2.05) is 20.8 Å². The molecule has 0 saturated carbocycles. The first kappa shape index (κ1) is 9.48. The highest BCUT2D eigenvalue weighted by atomic mass is 16.6. The Labute approximate surface area is 71.9 Å². The van der Waals surface area contributed by atoms with Crippen LogP contribution in [0, 0.1) is 0 Å². The van der Waals surface area contributed by atoms with Crippen molar-refractivity contribution in [3.8, 4) is 0 Å². The Morgan fingerprint density at radius 1 is 1.58 bits per heavy atom. The minimum absolute atomic E-state index is 0.284. The third-order valence-electron chi connectivity index (χ3n) is 1.54. The van der Waals surface area contributed by atoms with Crippen molar-refractivity contribution in [1.82, 2.24) is 5.32 Å². The van der Waals surface area contributed by atoms with Gasteiger partial charge in [-0.3, -0.25) is 10.1 Å². The predicted molar refractivity (Wildman–Crippen MR) is 43.4 cm³/mol. The molecule has 12 heavy (non-hydrogen) atoms. The topological polar surface area (TPSA) is 58.6 Å². The van der Waals surface area contributed by atoms with Gasteiger partial charge in [0.1, 0.15) is 17.9 Å². The average molecular weight is 173 g/mol. The van der Waals surface area contributed by atoms with Crippen molar-refractivity contribution in [2.45, 2.75) is 45.1 Å². The van der Waals surface area contributed by atoms with E-state index in [9.17, 15) is 4.79 Å². The third kappa shape index (κ3) is 2.46. The average Bonchev–Trinajstić information content (AvgIpc) is 1.76. The number of rotatable bonds is 1. The van der Waals surface area contributed by atoms with Crippen molar-refractivity contribution in [2.75, 3.05) is 0 Å². The molecular formula is C8H15NO3. The molecule has 1 unspecified atom stereocenters. The summed E-state index contributed by atoms with van der Waals surface area (Å²) in [5, 5.41) is 11.5. The number of hydrogen-bond donors (Lipinski definition) is 2. The van der Waals surface area contributed by atoms with Crippen molar-refractivity contribution in [2.24, 2.45) is 0 Å². The number of aliphatic hydroxyl groups is 1. The van der Waals surface area contributed by atoms with E-state index in [0.717, 1.165) is 0 Å². The first-order valence-corrected chi connectivity index (χ1v) is 4.05. The maximum Gasteiger partial charge on any atom is 0.323 e. The van der Waals surface area contributed by atoms with E-state index in [1.54, 1.807) is 0 Å². The number of carbonyl (C=O) groups is 1. The van der Waals surface area contributed by atoms with Crippen molar-refractivity contribution in [3.63, 3.8) is 0 Å². The molecule has 4 heteroatoms. The maximum atomic E-state index is 11.2. The molecule has 1 fully saturated rings. The zero-order valence-electron chi connectivity index (χ0n) is 7.63. The van der Waals surface area contributed by atoms with Crippen molar-refractivity contribution >= 4 is 5.97 Å². The van der Waals surface area contributed by atoms with Crippen LogP contribution < -0.4 is 5.32 Å². The van der Waals surface area contributed by atoms with E-state index in [-0.39, 0.29) is 12.0 Å². The molecule has 0 aromatic heterocycles. The lowest BCUT2D eigenvalue weighted by Gasteiger charge is -2.33. The molecule has 2 N–H and O–H groups in total. The standard InChI is InChI=1S/C8H15NO3/c1-8(2,3)12-7(11)5-4-6(10)9-5/h5-6,9-10H,4H2,1-3H3/t5-,6?/m0/s1. The summed E-state index contributed by atoms with van der Waals surface area (Å²) < 4.78 is 5.08. The SMILES string of the molecule is CC(C)(C)OC(=O)[C@@H]1CC(O)N1. The molecule has 0 aliphatic carbocycles. The van der Waals surface area contributed by atoms with E-state index in [0.29, 0.717) is 6.42 Å². The van der Waals surface area contributed by atoms with Crippen molar-refractivity contribution < 1.29 is 14.6 Å². The second kappa shape index (κ2) is 3.03. The highest BCUT2D eigenvalue weighted by Gasteiger charge is 2.35. The zero-order valence-corrected chi connectivity index (χ0v) is 7.63. The second-order valence-corrected chi connectivity index (χ2v) is 4.00. The number of hydrogen-bond acceptors (Lipinski definition) is 4. The molecule has 1 saturated heterocycles. The van der Waals surface area contributed by atoms with Crippen molar-refractivity contribution in [3.05, 3.63) is 0 Å². The van der Waals surface area contributed by atoms with E-state index in [1.165, 1.54) is 0 Å². The first-order valence-electron chi connectivity index (χ1n) is 4.05. The molecule has 0 radical (unpaired) electrons. The van der Waals surface area contributed by atoms with Gasteiger partial charge in [-0.1, -0.05) is 0 Å². The number of aliphatic hydroxyl groups excluding tert-OH is 1. The highest BCUT2D eigenvalue weighted by Crippen LogP contribution is 2.15. The third-order valence-corrected chi connectivity index (χ3v) is 1.54. The molecule has 1 rings (SSSR count). The fraction of sp³-hybridized carbons (Fsp3) is 0.875. The molecule has 1 aliphatic rings. The summed E-state index contributed by atoms with van der Waals surface area (Å²) in [6, 6.07) is -0.320. The van der Waals surface area contributed by atoms with Crippen LogP contribution in [-0.4, -0.2) is 28.9 Å². The highest BCUT2D eigenvalue weighted by molar-refractivity contribution is 5.77. The molecule has 2 atom stereocenters. The molecule has 1 heterocycles. The first-order chi connectivity index (χ1) is 5.38. The van der Waals surface area contributed by atoms with Gasteiger partial charge in [0.25, 0.3) is 0 Å². The normalized spacial score (nSPS) is 29.3. The van der Waals surface area contributed by atoms with E-state index >= 15 is 0 Å². The van der Waals surface area contributed by atoms with Gasteiger partial charge in [-0.15, -0.1) is 0 Å². The zero-order chi connectivity index (χ0) is 9.35. The number of esters is 1. The van der Waals surface area contributed by atoms with Crippen LogP contribution in [0.15, 0.2) is 0 Å². The van der Waals surface area contributed by atoms with Gasteiger partial charge < -0.3 is 9.84 Å². The minimum atomic E-state index is -0.539. The second-order valence-electron chi connectivity index (χ2n) is 4.00. The number of carbonyl (C=O) groups excluding carboxylic acids is 1. The summed E-state index contributed by atoms with van der Waals surface area (Å²) in [6.45, 7) is 5.46. The van der Waals surface area contributed by atoms with Crippen LogP contribution in [0.2, 0.25) is 0 Å². The van der Waals surface area contributed by atoms with Crippen LogP contribution in [0.4, 0.5) is 0 Å². The van der Waals surface area contributed by atoms with Gasteiger partial charge in [0, 0.05) is 6.42 Å². The molecule has 1 aliphatic heterocycles. The Morgan fingerprint density at radius 2 is 2.08 bits per heavy atom. The van der Waals surface area contributed by atoms with E-state index in [4.69, 9.17) is 9.84 Å². The quantitative estimate of drug-likeness (QED) is 0.548. The Bertz CT molecular complexity index is 179. The number of nitrogens with one attached hydrogen (secondary N) is 1. The molecule has 0 amide bonds. The lowest BCUT2D eigenvalue weighted by Crippen LogP contribution is -2.57. The van der Waals surface area contributed by atoms with E-state index < -0.39 is 11.8 Å². The van der Waals surface area contributed by atoms with Gasteiger partial charge in [0.05, 0.1) is 0 Å². The van der Waals surface area contributed by atoms with Crippen LogP contribution in [0.5, 0.6) is 0 Å². The molecular weight excluding hydrogens is 158 g/mol. The lowest BCUT2D eigenvalue weighted by molar-refractivity contribution is -0.164. The molecule has 70 valence electrons. The van der Waals surface area contributed by atoms with Crippen LogP contribution in [0.3, 0.4) is 0 Å². The summed E-state index contributed by atoms with van der Waals surface area (Å²) in [7, 11) is 0. The van der Waals surface area contributed by atoms with Crippen LogP contribution >= 0.6 is 0 Å². The molecule has 0 aromatic carbocycles. The predicted octanol–water partition coefficient (Wildman–Crippen LogP) is 0.00840. The van der Waals surface area contributed by atoms with Gasteiger partial charge in [-0.2, -0.15) is 0 Å². The monoisotopic (exact) mass is 173 g/mol. The summed E-state index contributed by atoms with van der Waals surface area (Å²) in [5.41, 5.74) is -0.445. The fourth-order valence-electron chi connectivity index (χ4n) is 0.968. The molecule has 0 aromatic rings. The van der Waals surface area contributed by atoms with Crippen LogP contribution in [0.1, 0.15) is 27.2 Å². The summed E-state index contributed by atoms with van der Waals surface area (Å²) >= 11 is 0. The Hall–Kier alpha value is -0.610. The minimum Gasteiger partial charge on any atom is -0.459 e. The fourth-order valence-corrected chi connectivity index (χ4v) is 0.968. The Kier molecular flexibility index (Phi) is 2.39. The molecule has 0 spiro atoms.